The molecule has 1 aromatic heterocycles. The predicted molar refractivity (Wildman–Crippen MR) is 74.3 cm³/mol. The van der Waals surface area contributed by atoms with Crippen LogP contribution in [0.25, 0.3) is 0 Å². The first kappa shape index (κ1) is 13.7. The molecule has 18 heavy (non-hydrogen) atoms. The summed E-state index contributed by atoms with van der Waals surface area (Å²) in [5, 5.41) is 4.14. The van der Waals surface area contributed by atoms with Crippen molar-refractivity contribution < 1.29 is 4.74 Å². The second-order valence-electron chi connectivity index (χ2n) is 5.98. The molecule has 0 bridgehead atoms. The molecule has 2 heterocycles. The van der Waals surface area contributed by atoms with E-state index in [0.717, 1.165) is 31.3 Å². The zero-order valence-electron chi connectivity index (χ0n) is 11.5. The lowest BCUT2D eigenvalue weighted by Crippen LogP contribution is -2.30. The van der Waals surface area contributed by atoms with Crippen molar-refractivity contribution >= 4 is 11.5 Å². The van der Waals surface area contributed by atoms with E-state index in [1.807, 2.05) is 0 Å². The summed E-state index contributed by atoms with van der Waals surface area (Å²) in [6.07, 6.45) is 3.72. The zero-order chi connectivity index (χ0) is 13.0. The monoisotopic (exact) mass is 269 g/mol. The largest absolute Gasteiger partial charge is 0.469 e. The highest BCUT2D eigenvalue weighted by atomic mass is 32.1. The first-order valence-corrected chi connectivity index (χ1v) is 7.51. The first-order valence-electron chi connectivity index (χ1n) is 6.73. The number of ether oxygens (including phenoxy) is 1. The lowest BCUT2D eigenvalue weighted by atomic mass is 9.96. The molecular formula is C13H23N3OS. The van der Waals surface area contributed by atoms with Gasteiger partial charge in [-0.15, -0.1) is 0 Å². The molecule has 2 rings (SSSR count). The zero-order valence-corrected chi connectivity index (χ0v) is 12.3. The fraction of sp³-hybridized carbons (Fsp3) is 0.846. The third-order valence-electron chi connectivity index (χ3n) is 3.23. The number of hydrogen-bond acceptors (Lipinski definition) is 5. The maximum atomic E-state index is 5.70. The Morgan fingerprint density at radius 3 is 2.89 bits per heavy atom. The van der Waals surface area contributed by atoms with Crippen LogP contribution in [0, 0.1) is 5.92 Å². The number of aromatic nitrogens is 2. The Hall–Kier alpha value is -0.680. The van der Waals surface area contributed by atoms with E-state index in [0.29, 0.717) is 5.19 Å². The SMILES string of the molecule is CC(C)(C)c1nsc(OCCC2CCCNC2)n1. The first-order chi connectivity index (χ1) is 8.55. The van der Waals surface area contributed by atoms with Crippen molar-refractivity contribution in [3.63, 3.8) is 0 Å². The summed E-state index contributed by atoms with van der Waals surface area (Å²) in [6.45, 7) is 9.41. The molecule has 1 unspecified atom stereocenters. The average molecular weight is 269 g/mol. The van der Waals surface area contributed by atoms with Crippen LogP contribution in [0.4, 0.5) is 0 Å². The molecule has 0 saturated carbocycles. The van der Waals surface area contributed by atoms with Crippen molar-refractivity contribution in [3.05, 3.63) is 5.82 Å². The maximum absolute atomic E-state index is 5.70. The van der Waals surface area contributed by atoms with Crippen LogP contribution in [-0.4, -0.2) is 29.1 Å². The molecule has 1 atom stereocenters. The molecule has 0 radical (unpaired) electrons. The van der Waals surface area contributed by atoms with Gasteiger partial charge in [0.1, 0.15) is 0 Å². The van der Waals surface area contributed by atoms with Crippen molar-refractivity contribution in [3.8, 4) is 5.19 Å². The summed E-state index contributed by atoms with van der Waals surface area (Å²) in [6, 6.07) is 0. The molecule has 1 saturated heterocycles. The predicted octanol–water partition coefficient (Wildman–Crippen LogP) is 2.60. The van der Waals surface area contributed by atoms with Crippen molar-refractivity contribution in [1.29, 1.82) is 0 Å². The molecule has 4 nitrogen and oxygen atoms in total. The Balaban J connectivity index is 1.74. The van der Waals surface area contributed by atoms with Gasteiger partial charge in [-0.05, 0) is 38.3 Å². The number of hydrogen-bond donors (Lipinski definition) is 1. The van der Waals surface area contributed by atoms with Crippen molar-refractivity contribution in [2.24, 2.45) is 5.92 Å². The molecule has 1 aromatic rings. The normalized spacial score (nSPS) is 20.9. The summed E-state index contributed by atoms with van der Waals surface area (Å²) >= 11 is 1.36. The van der Waals surface area contributed by atoms with Crippen LogP contribution in [0.15, 0.2) is 0 Å². The smallest absolute Gasteiger partial charge is 0.293 e. The van der Waals surface area contributed by atoms with Gasteiger partial charge in [-0.25, -0.2) is 0 Å². The Morgan fingerprint density at radius 1 is 1.44 bits per heavy atom. The molecule has 5 heteroatoms. The molecule has 0 amide bonds. The maximum Gasteiger partial charge on any atom is 0.293 e. The van der Waals surface area contributed by atoms with E-state index in [1.54, 1.807) is 0 Å². The van der Waals surface area contributed by atoms with E-state index in [2.05, 4.69) is 35.4 Å². The van der Waals surface area contributed by atoms with Crippen LogP contribution in [-0.2, 0) is 5.41 Å². The third-order valence-corrected chi connectivity index (χ3v) is 3.86. The highest BCUT2D eigenvalue weighted by Crippen LogP contribution is 2.24. The minimum Gasteiger partial charge on any atom is -0.469 e. The molecule has 1 fully saturated rings. The van der Waals surface area contributed by atoms with Gasteiger partial charge in [0.05, 0.1) is 6.61 Å². The van der Waals surface area contributed by atoms with E-state index in [-0.39, 0.29) is 5.41 Å². The second-order valence-corrected chi connectivity index (χ2v) is 6.70. The van der Waals surface area contributed by atoms with Gasteiger partial charge in [0, 0.05) is 16.9 Å². The molecule has 1 N–H and O–H groups in total. The van der Waals surface area contributed by atoms with Gasteiger partial charge in [0.2, 0.25) is 0 Å². The molecule has 1 aliphatic heterocycles. The minimum atomic E-state index is 0.00536. The van der Waals surface area contributed by atoms with E-state index < -0.39 is 0 Å². The molecule has 1 aliphatic rings. The minimum absolute atomic E-state index is 0.00536. The lowest BCUT2D eigenvalue weighted by molar-refractivity contribution is 0.252. The van der Waals surface area contributed by atoms with Gasteiger partial charge < -0.3 is 10.1 Å². The van der Waals surface area contributed by atoms with Crippen LogP contribution in [0.2, 0.25) is 0 Å². The van der Waals surface area contributed by atoms with Crippen LogP contribution >= 0.6 is 11.5 Å². The van der Waals surface area contributed by atoms with Gasteiger partial charge in [-0.2, -0.15) is 9.36 Å². The number of nitrogens with zero attached hydrogens (tertiary/aromatic N) is 2. The fourth-order valence-corrected chi connectivity index (χ4v) is 2.80. The van der Waals surface area contributed by atoms with Gasteiger partial charge in [0.25, 0.3) is 5.19 Å². The van der Waals surface area contributed by atoms with Gasteiger partial charge in [-0.3, -0.25) is 0 Å². The quantitative estimate of drug-likeness (QED) is 0.912. The highest BCUT2D eigenvalue weighted by molar-refractivity contribution is 7.07. The molecule has 0 spiro atoms. The van der Waals surface area contributed by atoms with E-state index >= 15 is 0 Å². The second kappa shape index (κ2) is 5.97. The van der Waals surface area contributed by atoms with E-state index in [4.69, 9.17) is 4.74 Å². The molecule has 0 aromatic carbocycles. The standard InChI is InChI=1S/C13H23N3OS/c1-13(2,3)11-15-12(18-16-11)17-8-6-10-5-4-7-14-9-10/h10,14H,4-9H2,1-3H3. The summed E-state index contributed by atoms with van der Waals surface area (Å²) in [5.41, 5.74) is 0.00536. The number of rotatable bonds is 4. The van der Waals surface area contributed by atoms with Gasteiger partial charge in [0.15, 0.2) is 5.82 Å². The summed E-state index contributed by atoms with van der Waals surface area (Å²) in [4.78, 5) is 4.43. The van der Waals surface area contributed by atoms with Crippen LogP contribution in [0.1, 0.15) is 45.9 Å². The Labute approximate surface area is 113 Å². The summed E-state index contributed by atoms with van der Waals surface area (Å²) < 4.78 is 10.0. The van der Waals surface area contributed by atoms with Gasteiger partial charge >= 0.3 is 0 Å². The summed E-state index contributed by atoms with van der Waals surface area (Å²) in [5.74, 6) is 1.63. The topological polar surface area (TPSA) is 47.0 Å². The van der Waals surface area contributed by atoms with Crippen molar-refractivity contribution in [2.75, 3.05) is 19.7 Å². The van der Waals surface area contributed by atoms with Crippen LogP contribution in [0.5, 0.6) is 5.19 Å². The van der Waals surface area contributed by atoms with Crippen molar-refractivity contribution in [1.82, 2.24) is 14.7 Å². The summed E-state index contributed by atoms with van der Waals surface area (Å²) in [7, 11) is 0. The van der Waals surface area contributed by atoms with E-state index in [9.17, 15) is 0 Å². The number of piperidine rings is 1. The Bertz CT molecular complexity index is 367. The van der Waals surface area contributed by atoms with Crippen LogP contribution in [0.3, 0.4) is 0 Å². The van der Waals surface area contributed by atoms with Crippen LogP contribution < -0.4 is 10.1 Å². The molecule has 102 valence electrons. The lowest BCUT2D eigenvalue weighted by Gasteiger charge is -2.22. The number of nitrogens with one attached hydrogen (secondary N) is 1. The highest BCUT2D eigenvalue weighted by Gasteiger charge is 2.20. The Morgan fingerprint density at radius 2 is 2.28 bits per heavy atom. The molecular weight excluding hydrogens is 246 g/mol. The fourth-order valence-electron chi connectivity index (χ4n) is 2.06. The van der Waals surface area contributed by atoms with Gasteiger partial charge in [-0.1, -0.05) is 20.8 Å². The Kier molecular flexibility index (Phi) is 4.56. The molecule has 0 aliphatic carbocycles. The average Bonchev–Trinajstić information content (AvgIpc) is 2.79. The third kappa shape index (κ3) is 3.92. The van der Waals surface area contributed by atoms with E-state index in [1.165, 1.54) is 30.9 Å². The van der Waals surface area contributed by atoms with Crippen molar-refractivity contribution in [2.45, 2.75) is 45.4 Å².